The monoisotopic (exact) mass is 456 g/mol. The Hall–Kier alpha value is -3.72. The van der Waals surface area contributed by atoms with Crippen molar-refractivity contribution in [3.8, 4) is 0 Å². The number of benzene rings is 3. The van der Waals surface area contributed by atoms with Gasteiger partial charge < -0.3 is 10.1 Å². The minimum Gasteiger partial charge on any atom is -0.465 e. The molecule has 166 valence electrons. The number of carbonyl (C=O) groups excluding carboxylic acids is 2. The second-order valence-electron chi connectivity index (χ2n) is 6.93. The van der Waals surface area contributed by atoms with E-state index in [9.17, 15) is 22.4 Å². The fraction of sp³-hybridized carbons (Fsp3) is 0.130. The van der Waals surface area contributed by atoms with Gasteiger partial charge in [-0.3, -0.25) is 9.10 Å². The largest absolute Gasteiger partial charge is 0.465 e. The quantitative estimate of drug-likeness (QED) is 0.546. The number of carbonyl (C=O) groups is 2. The Morgan fingerprint density at radius 1 is 0.969 bits per heavy atom. The topological polar surface area (TPSA) is 92.8 Å². The van der Waals surface area contributed by atoms with Crippen LogP contribution in [0.1, 0.15) is 26.3 Å². The van der Waals surface area contributed by atoms with Crippen LogP contribution in [0.15, 0.2) is 72.8 Å². The number of hydrogen-bond donors (Lipinski definition) is 1. The van der Waals surface area contributed by atoms with Crippen molar-refractivity contribution in [1.82, 2.24) is 0 Å². The molecular weight excluding hydrogens is 435 g/mol. The number of nitrogens with zero attached hydrogens (tertiary/aromatic N) is 1. The third-order valence-electron chi connectivity index (χ3n) is 4.63. The lowest BCUT2D eigenvalue weighted by molar-refractivity contribution is 0.0600. The number of halogens is 1. The van der Waals surface area contributed by atoms with E-state index in [0.29, 0.717) is 11.4 Å². The predicted octanol–water partition coefficient (Wildman–Crippen LogP) is 3.83. The maximum atomic E-state index is 14.0. The average molecular weight is 456 g/mol. The first-order chi connectivity index (χ1) is 15.2. The summed E-state index contributed by atoms with van der Waals surface area (Å²) in [7, 11) is -2.44. The predicted molar refractivity (Wildman–Crippen MR) is 120 cm³/mol. The van der Waals surface area contributed by atoms with Crippen molar-refractivity contribution in [3.63, 3.8) is 0 Å². The normalized spacial score (nSPS) is 11.0. The van der Waals surface area contributed by atoms with Crippen molar-refractivity contribution in [2.45, 2.75) is 6.54 Å². The fourth-order valence-electron chi connectivity index (χ4n) is 3.01. The standard InChI is InChI=1S/C23H21FN2O5S/c1-31-23(28)17-7-5-8-19(14-17)25-22(27)16-10-12-20(13-11-16)26(32(2,29)30)15-18-6-3-4-9-21(18)24/h3-14H,15H2,1-2H3,(H,25,27). The van der Waals surface area contributed by atoms with Crippen LogP contribution in [-0.4, -0.2) is 33.7 Å². The summed E-state index contributed by atoms with van der Waals surface area (Å²) in [6.45, 7) is -0.183. The Balaban J connectivity index is 1.80. The molecule has 0 bridgehead atoms. The molecule has 3 rings (SSSR count). The summed E-state index contributed by atoms with van der Waals surface area (Å²) < 4.78 is 44.4. The zero-order valence-corrected chi connectivity index (χ0v) is 18.2. The van der Waals surface area contributed by atoms with Crippen molar-refractivity contribution >= 4 is 33.3 Å². The molecule has 0 spiro atoms. The van der Waals surface area contributed by atoms with Crippen LogP contribution >= 0.6 is 0 Å². The van der Waals surface area contributed by atoms with Crippen molar-refractivity contribution in [2.24, 2.45) is 0 Å². The first kappa shape index (κ1) is 23.0. The Bertz CT molecular complexity index is 1240. The molecule has 3 aromatic rings. The number of amides is 1. The Morgan fingerprint density at radius 2 is 1.66 bits per heavy atom. The van der Waals surface area contributed by atoms with Gasteiger partial charge in [-0.05, 0) is 48.5 Å². The summed E-state index contributed by atoms with van der Waals surface area (Å²) in [5.74, 6) is -1.48. The van der Waals surface area contributed by atoms with Crippen molar-refractivity contribution in [2.75, 3.05) is 23.0 Å². The zero-order valence-electron chi connectivity index (χ0n) is 17.4. The van der Waals surface area contributed by atoms with Gasteiger partial charge in [0.1, 0.15) is 5.82 Å². The SMILES string of the molecule is COC(=O)c1cccc(NC(=O)c2ccc(N(Cc3ccccc3F)S(C)(=O)=O)cc2)c1. The summed E-state index contributed by atoms with van der Waals surface area (Å²) in [4.78, 5) is 24.2. The second kappa shape index (κ2) is 9.61. The smallest absolute Gasteiger partial charge is 0.337 e. The van der Waals surface area contributed by atoms with Crippen molar-refractivity contribution < 1.29 is 27.1 Å². The summed E-state index contributed by atoms with van der Waals surface area (Å²) in [6, 6.07) is 18.1. The van der Waals surface area contributed by atoms with Gasteiger partial charge in [0.25, 0.3) is 5.91 Å². The van der Waals surface area contributed by atoms with Gasteiger partial charge >= 0.3 is 5.97 Å². The van der Waals surface area contributed by atoms with Crippen LogP contribution in [0.25, 0.3) is 0 Å². The number of nitrogens with one attached hydrogen (secondary N) is 1. The molecule has 32 heavy (non-hydrogen) atoms. The molecule has 0 radical (unpaired) electrons. The number of sulfonamides is 1. The summed E-state index contributed by atoms with van der Waals surface area (Å²) in [6.07, 6.45) is 1.03. The molecule has 9 heteroatoms. The minimum absolute atomic E-state index is 0.183. The van der Waals surface area contributed by atoms with Gasteiger partial charge in [0.05, 0.1) is 31.2 Å². The molecular formula is C23H21FN2O5S. The molecule has 0 aliphatic heterocycles. The maximum absolute atomic E-state index is 14.0. The van der Waals surface area contributed by atoms with E-state index in [0.717, 1.165) is 10.6 Å². The van der Waals surface area contributed by atoms with Gasteiger partial charge in [-0.1, -0.05) is 24.3 Å². The average Bonchev–Trinajstić information content (AvgIpc) is 2.77. The molecule has 0 saturated carbocycles. The molecule has 0 fully saturated rings. The number of ether oxygens (including phenoxy) is 1. The lowest BCUT2D eigenvalue weighted by atomic mass is 10.1. The first-order valence-corrected chi connectivity index (χ1v) is 11.3. The van der Waals surface area contributed by atoms with E-state index in [1.807, 2.05) is 0 Å². The molecule has 1 N–H and O–H groups in total. The highest BCUT2D eigenvalue weighted by Gasteiger charge is 2.20. The fourth-order valence-corrected chi connectivity index (χ4v) is 3.88. The van der Waals surface area contributed by atoms with Crippen LogP contribution in [-0.2, 0) is 21.3 Å². The second-order valence-corrected chi connectivity index (χ2v) is 8.84. The number of methoxy groups -OCH3 is 1. The molecule has 0 atom stereocenters. The minimum atomic E-state index is -3.71. The van der Waals surface area contributed by atoms with Gasteiger partial charge in [-0.25, -0.2) is 17.6 Å². The molecule has 0 unspecified atom stereocenters. The van der Waals surface area contributed by atoms with Gasteiger partial charge in [-0.15, -0.1) is 0 Å². The van der Waals surface area contributed by atoms with E-state index in [4.69, 9.17) is 0 Å². The lowest BCUT2D eigenvalue weighted by Gasteiger charge is -2.23. The van der Waals surface area contributed by atoms with Gasteiger partial charge in [0.15, 0.2) is 0 Å². The summed E-state index contributed by atoms with van der Waals surface area (Å²) in [5.41, 5.74) is 1.48. The summed E-state index contributed by atoms with van der Waals surface area (Å²) in [5, 5.41) is 2.68. The van der Waals surface area contributed by atoms with Gasteiger partial charge in [-0.2, -0.15) is 0 Å². The van der Waals surface area contributed by atoms with E-state index < -0.39 is 27.7 Å². The van der Waals surface area contributed by atoms with Crippen LogP contribution in [0, 0.1) is 5.82 Å². The molecule has 3 aromatic carbocycles. The highest BCUT2D eigenvalue weighted by atomic mass is 32.2. The Labute approximate surface area is 185 Å². The maximum Gasteiger partial charge on any atom is 0.337 e. The number of anilines is 2. The molecule has 0 aliphatic carbocycles. The zero-order chi connectivity index (χ0) is 23.3. The van der Waals surface area contributed by atoms with E-state index in [-0.39, 0.29) is 23.2 Å². The molecule has 0 saturated heterocycles. The van der Waals surface area contributed by atoms with E-state index >= 15 is 0 Å². The number of rotatable bonds is 7. The van der Waals surface area contributed by atoms with Crippen molar-refractivity contribution in [3.05, 3.63) is 95.3 Å². The molecule has 0 aromatic heterocycles. The molecule has 7 nitrogen and oxygen atoms in total. The Kier molecular flexibility index (Phi) is 6.89. The van der Waals surface area contributed by atoms with Crippen LogP contribution in [0.3, 0.4) is 0 Å². The molecule has 1 amide bonds. The van der Waals surface area contributed by atoms with E-state index in [2.05, 4.69) is 10.1 Å². The lowest BCUT2D eigenvalue weighted by Crippen LogP contribution is -2.29. The van der Waals surface area contributed by atoms with Crippen LogP contribution < -0.4 is 9.62 Å². The van der Waals surface area contributed by atoms with Crippen LogP contribution in [0.2, 0.25) is 0 Å². The highest BCUT2D eigenvalue weighted by Crippen LogP contribution is 2.23. The van der Waals surface area contributed by atoms with Crippen LogP contribution in [0.4, 0.5) is 15.8 Å². The first-order valence-electron chi connectivity index (χ1n) is 9.50. The summed E-state index contributed by atoms with van der Waals surface area (Å²) >= 11 is 0. The number of esters is 1. The molecule has 0 heterocycles. The van der Waals surface area contributed by atoms with Gasteiger partial charge in [0.2, 0.25) is 10.0 Å². The molecule has 0 aliphatic rings. The Morgan fingerprint density at radius 3 is 2.28 bits per heavy atom. The number of hydrogen-bond acceptors (Lipinski definition) is 5. The van der Waals surface area contributed by atoms with Crippen molar-refractivity contribution in [1.29, 1.82) is 0 Å². The van der Waals surface area contributed by atoms with E-state index in [1.54, 1.807) is 24.3 Å². The van der Waals surface area contributed by atoms with E-state index in [1.165, 1.54) is 55.6 Å². The highest BCUT2D eigenvalue weighted by molar-refractivity contribution is 7.92. The third-order valence-corrected chi connectivity index (χ3v) is 5.77. The van der Waals surface area contributed by atoms with Crippen LogP contribution in [0.5, 0.6) is 0 Å². The van der Waals surface area contributed by atoms with Gasteiger partial charge in [0, 0.05) is 16.8 Å². The third kappa shape index (κ3) is 5.50.